The van der Waals surface area contributed by atoms with Crippen LogP contribution < -0.4 is 15.8 Å². The van der Waals surface area contributed by atoms with Crippen LogP contribution >= 0.6 is 11.3 Å². The lowest BCUT2D eigenvalue weighted by atomic mass is 10.2. The number of carbonyl (C=O) groups excluding carboxylic acids is 2. The first-order chi connectivity index (χ1) is 11.0. The molecule has 0 radical (unpaired) electrons. The summed E-state index contributed by atoms with van der Waals surface area (Å²) >= 11 is 1.65. The number of rotatable bonds is 7. The zero-order valence-electron chi connectivity index (χ0n) is 13.1. The maximum atomic E-state index is 12.1. The minimum Gasteiger partial charge on any atom is -0.484 e. The van der Waals surface area contributed by atoms with Crippen molar-refractivity contribution in [3.05, 3.63) is 45.4 Å². The SMILES string of the molecule is Cc1nc(C)c(CCNC(=O)c2ccc(OCC(N)=O)cc2)s1. The van der Waals surface area contributed by atoms with Crippen molar-refractivity contribution in [3.8, 4) is 5.75 Å². The summed E-state index contributed by atoms with van der Waals surface area (Å²) in [5.41, 5.74) is 6.56. The topological polar surface area (TPSA) is 94.3 Å². The summed E-state index contributed by atoms with van der Waals surface area (Å²) in [6.07, 6.45) is 0.767. The molecule has 6 nitrogen and oxygen atoms in total. The molecular weight excluding hydrogens is 314 g/mol. The van der Waals surface area contributed by atoms with Gasteiger partial charge in [-0.2, -0.15) is 0 Å². The lowest BCUT2D eigenvalue weighted by Crippen LogP contribution is -2.25. The van der Waals surface area contributed by atoms with Gasteiger partial charge in [-0.3, -0.25) is 9.59 Å². The first kappa shape index (κ1) is 17.0. The van der Waals surface area contributed by atoms with E-state index in [1.54, 1.807) is 35.6 Å². The summed E-state index contributed by atoms with van der Waals surface area (Å²) in [5.74, 6) is -0.193. The molecule has 1 aromatic heterocycles. The van der Waals surface area contributed by atoms with Gasteiger partial charge in [-0.15, -0.1) is 11.3 Å². The van der Waals surface area contributed by atoms with E-state index < -0.39 is 5.91 Å². The molecule has 1 heterocycles. The van der Waals surface area contributed by atoms with E-state index in [0.717, 1.165) is 17.1 Å². The van der Waals surface area contributed by atoms with Crippen molar-refractivity contribution in [2.45, 2.75) is 20.3 Å². The highest BCUT2D eigenvalue weighted by atomic mass is 32.1. The smallest absolute Gasteiger partial charge is 0.255 e. The fourth-order valence-corrected chi connectivity index (χ4v) is 2.99. The average Bonchev–Trinajstić information content (AvgIpc) is 2.83. The molecule has 0 saturated heterocycles. The van der Waals surface area contributed by atoms with Gasteiger partial charge in [-0.1, -0.05) is 0 Å². The molecule has 2 aromatic rings. The molecule has 0 fully saturated rings. The quantitative estimate of drug-likeness (QED) is 0.804. The van der Waals surface area contributed by atoms with Gasteiger partial charge in [0.05, 0.1) is 10.7 Å². The number of benzene rings is 1. The number of aryl methyl sites for hydroxylation is 2. The van der Waals surface area contributed by atoms with Crippen LogP contribution in [0.2, 0.25) is 0 Å². The summed E-state index contributed by atoms with van der Waals surface area (Å²) in [6, 6.07) is 6.56. The van der Waals surface area contributed by atoms with Crippen molar-refractivity contribution in [2.75, 3.05) is 13.2 Å². The Kier molecular flexibility index (Phi) is 5.70. The molecule has 23 heavy (non-hydrogen) atoms. The van der Waals surface area contributed by atoms with Gasteiger partial charge < -0.3 is 15.8 Å². The monoisotopic (exact) mass is 333 g/mol. The molecule has 0 saturated carbocycles. The number of nitrogens with zero attached hydrogens (tertiary/aromatic N) is 1. The third kappa shape index (κ3) is 5.07. The van der Waals surface area contributed by atoms with Crippen molar-refractivity contribution in [1.29, 1.82) is 0 Å². The second-order valence-electron chi connectivity index (χ2n) is 5.03. The molecule has 7 heteroatoms. The second-order valence-corrected chi connectivity index (χ2v) is 6.31. The van der Waals surface area contributed by atoms with E-state index in [9.17, 15) is 9.59 Å². The van der Waals surface area contributed by atoms with E-state index in [1.165, 1.54) is 4.88 Å². The highest BCUT2D eigenvalue weighted by molar-refractivity contribution is 7.11. The van der Waals surface area contributed by atoms with E-state index in [-0.39, 0.29) is 12.5 Å². The lowest BCUT2D eigenvalue weighted by molar-refractivity contribution is -0.119. The van der Waals surface area contributed by atoms with Gasteiger partial charge in [0.25, 0.3) is 11.8 Å². The summed E-state index contributed by atoms with van der Waals surface area (Å²) in [5, 5.41) is 3.92. The number of carbonyl (C=O) groups is 2. The molecule has 0 spiro atoms. The van der Waals surface area contributed by atoms with E-state index >= 15 is 0 Å². The van der Waals surface area contributed by atoms with Gasteiger partial charge in [0.2, 0.25) is 0 Å². The number of aromatic nitrogens is 1. The molecule has 0 aliphatic rings. The van der Waals surface area contributed by atoms with Crippen molar-refractivity contribution in [2.24, 2.45) is 5.73 Å². The van der Waals surface area contributed by atoms with E-state index in [0.29, 0.717) is 17.9 Å². The van der Waals surface area contributed by atoms with Crippen molar-refractivity contribution in [1.82, 2.24) is 10.3 Å². The summed E-state index contributed by atoms with van der Waals surface area (Å²) in [7, 11) is 0. The fourth-order valence-electron chi connectivity index (χ4n) is 2.05. The maximum Gasteiger partial charge on any atom is 0.255 e. The van der Waals surface area contributed by atoms with E-state index in [2.05, 4.69) is 10.3 Å². The van der Waals surface area contributed by atoms with E-state index in [1.807, 2.05) is 13.8 Å². The number of nitrogens with two attached hydrogens (primary N) is 1. The molecular formula is C16H19N3O3S. The van der Waals surface area contributed by atoms with Crippen LogP contribution in [0.25, 0.3) is 0 Å². The lowest BCUT2D eigenvalue weighted by Gasteiger charge is -2.07. The Morgan fingerprint density at radius 1 is 1.26 bits per heavy atom. The predicted octanol–water partition coefficient (Wildman–Crippen LogP) is 1.60. The van der Waals surface area contributed by atoms with Crippen LogP contribution in [0.1, 0.15) is 25.9 Å². The normalized spacial score (nSPS) is 10.3. The van der Waals surface area contributed by atoms with Crippen molar-refractivity contribution >= 4 is 23.2 Å². The van der Waals surface area contributed by atoms with Crippen LogP contribution in [0, 0.1) is 13.8 Å². The Bertz CT molecular complexity index is 695. The number of primary amides is 1. The Morgan fingerprint density at radius 3 is 2.52 bits per heavy atom. The molecule has 2 amide bonds. The molecule has 0 bridgehead atoms. The van der Waals surface area contributed by atoms with Crippen molar-refractivity contribution < 1.29 is 14.3 Å². The van der Waals surface area contributed by atoms with Gasteiger partial charge in [0.15, 0.2) is 6.61 Å². The predicted molar refractivity (Wildman–Crippen MR) is 88.8 cm³/mol. The molecule has 122 valence electrons. The Hall–Kier alpha value is -2.41. The Balaban J connectivity index is 1.83. The molecule has 0 aliphatic heterocycles. The summed E-state index contributed by atoms with van der Waals surface area (Å²) in [4.78, 5) is 28.3. The standard InChI is InChI=1S/C16H19N3O3S/c1-10-14(23-11(2)19-10)7-8-18-16(21)12-3-5-13(6-4-12)22-9-15(17)20/h3-6H,7-9H2,1-2H3,(H2,17,20)(H,18,21). The zero-order valence-corrected chi connectivity index (χ0v) is 13.9. The first-order valence-electron chi connectivity index (χ1n) is 7.18. The third-order valence-electron chi connectivity index (χ3n) is 3.13. The molecule has 2 rings (SSSR count). The fraction of sp³-hybridized carbons (Fsp3) is 0.312. The molecule has 0 aliphatic carbocycles. The number of amides is 2. The van der Waals surface area contributed by atoms with Crippen LogP contribution in [-0.2, 0) is 11.2 Å². The molecule has 0 atom stereocenters. The zero-order chi connectivity index (χ0) is 16.8. The van der Waals surface area contributed by atoms with Crippen LogP contribution in [0.4, 0.5) is 0 Å². The maximum absolute atomic E-state index is 12.1. The second kappa shape index (κ2) is 7.73. The Morgan fingerprint density at radius 2 is 1.96 bits per heavy atom. The number of nitrogens with one attached hydrogen (secondary N) is 1. The van der Waals surface area contributed by atoms with Crippen LogP contribution in [0.5, 0.6) is 5.75 Å². The average molecular weight is 333 g/mol. The van der Waals surface area contributed by atoms with Crippen LogP contribution in [-0.4, -0.2) is 29.9 Å². The number of hydrogen-bond donors (Lipinski definition) is 2. The number of ether oxygens (including phenoxy) is 1. The van der Waals surface area contributed by atoms with Gasteiger partial charge >= 0.3 is 0 Å². The van der Waals surface area contributed by atoms with E-state index in [4.69, 9.17) is 10.5 Å². The van der Waals surface area contributed by atoms with Crippen LogP contribution in [0.15, 0.2) is 24.3 Å². The van der Waals surface area contributed by atoms with Crippen LogP contribution in [0.3, 0.4) is 0 Å². The minimum absolute atomic E-state index is 0.148. The van der Waals surface area contributed by atoms with Gasteiger partial charge in [0, 0.05) is 23.4 Å². The minimum atomic E-state index is -0.541. The highest BCUT2D eigenvalue weighted by Gasteiger charge is 2.08. The summed E-state index contributed by atoms with van der Waals surface area (Å²) < 4.78 is 5.14. The molecule has 3 N–H and O–H groups in total. The van der Waals surface area contributed by atoms with Crippen molar-refractivity contribution in [3.63, 3.8) is 0 Å². The van der Waals surface area contributed by atoms with Gasteiger partial charge in [0.1, 0.15) is 5.75 Å². The molecule has 1 aromatic carbocycles. The largest absolute Gasteiger partial charge is 0.484 e. The first-order valence-corrected chi connectivity index (χ1v) is 7.99. The number of thiazole rings is 1. The highest BCUT2D eigenvalue weighted by Crippen LogP contribution is 2.17. The number of hydrogen-bond acceptors (Lipinski definition) is 5. The Labute approximate surface area is 138 Å². The van der Waals surface area contributed by atoms with Gasteiger partial charge in [-0.25, -0.2) is 4.98 Å². The summed E-state index contributed by atoms with van der Waals surface area (Å²) in [6.45, 7) is 4.33. The third-order valence-corrected chi connectivity index (χ3v) is 4.27. The molecule has 0 unspecified atom stereocenters. The van der Waals surface area contributed by atoms with Gasteiger partial charge in [-0.05, 0) is 38.1 Å².